The Hall–Kier alpha value is -1.00. The number of rotatable bonds is 8. The maximum absolute atomic E-state index is 12.4. The Bertz CT molecular complexity index is 348. The van der Waals surface area contributed by atoms with Gasteiger partial charge in [0.05, 0.1) is 0 Å². The van der Waals surface area contributed by atoms with E-state index in [0.29, 0.717) is 12.6 Å². The fourth-order valence-electron chi connectivity index (χ4n) is 2.01. The van der Waals surface area contributed by atoms with Gasteiger partial charge in [0.1, 0.15) is 0 Å². The van der Waals surface area contributed by atoms with Crippen LogP contribution in [0.3, 0.4) is 0 Å². The largest absolute Gasteiger partial charge is 0.309 e. The molecule has 4 heteroatoms. The molecule has 1 N–H and O–H groups in total. The first-order valence-corrected chi connectivity index (χ1v) is 6.89. The van der Waals surface area contributed by atoms with Crippen LogP contribution in [0.25, 0.3) is 0 Å². The molecule has 0 spiro atoms. The summed E-state index contributed by atoms with van der Waals surface area (Å²) in [7, 11) is 0. The molecule has 0 fully saturated rings. The van der Waals surface area contributed by atoms with E-state index < -0.39 is 6.43 Å². The number of halogens is 2. The van der Waals surface area contributed by atoms with Gasteiger partial charge in [-0.3, -0.25) is 0 Å². The van der Waals surface area contributed by atoms with E-state index in [1.54, 1.807) is 12.1 Å². The molecule has 0 heterocycles. The maximum atomic E-state index is 12.4. The van der Waals surface area contributed by atoms with Crippen molar-refractivity contribution in [1.29, 1.82) is 0 Å². The summed E-state index contributed by atoms with van der Waals surface area (Å²) in [4.78, 5) is 2.36. The zero-order valence-corrected chi connectivity index (χ0v) is 12.0. The van der Waals surface area contributed by atoms with Crippen LogP contribution in [-0.2, 0) is 6.54 Å². The van der Waals surface area contributed by atoms with Crippen molar-refractivity contribution < 1.29 is 8.78 Å². The molecule has 0 bridgehead atoms. The zero-order chi connectivity index (χ0) is 14.3. The van der Waals surface area contributed by atoms with Gasteiger partial charge in [0.2, 0.25) is 0 Å². The van der Waals surface area contributed by atoms with Crippen LogP contribution >= 0.6 is 0 Å². The molecule has 0 aliphatic heterocycles. The summed E-state index contributed by atoms with van der Waals surface area (Å²) in [6.45, 7) is 10.3. The Balaban J connectivity index is 2.39. The first-order chi connectivity index (χ1) is 9.06. The van der Waals surface area contributed by atoms with Gasteiger partial charge in [-0.25, -0.2) is 8.78 Å². The van der Waals surface area contributed by atoms with Gasteiger partial charge < -0.3 is 10.2 Å². The van der Waals surface area contributed by atoms with E-state index in [-0.39, 0.29) is 5.56 Å². The minimum atomic E-state index is -2.39. The van der Waals surface area contributed by atoms with E-state index in [0.717, 1.165) is 25.2 Å². The third kappa shape index (κ3) is 5.66. The van der Waals surface area contributed by atoms with E-state index in [9.17, 15) is 8.78 Å². The summed E-state index contributed by atoms with van der Waals surface area (Å²) in [5, 5.41) is 3.42. The number of alkyl halides is 2. The van der Waals surface area contributed by atoms with Crippen molar-refractivity contribution in [3.63, 3.8) is 0 Å². The average Bonchev–Trinajstić information content (AvgIpc) is 2.43. The van der Waals surface area contributed by atoms with Crippen molar-refractivity contribution in [1.82, 2.24) is 10.2 Å². The molecule has 19 heavy (non-hydrogen) atoms. The summed E-state index contributed by atoms with van der Waals surface area (Å²) in [6, 6.07) is 6.90. The summed E-state index contributed by atoms with van der Waals surface area (Å²) >= 11 is 0. The Morgan fingerprint density at radius 2 is 1.68 bits per heavy atom. The average molecular weight is 270 g/mol. The Morgan fingerprint density at radius 3 is 2.16 bits per heavy atom. The lowest BCUT2D eigenvalue weighted by atomic mass is 10.1. The van der Waals surface area contributed by atoms with Gasteiger partial charge in [-0.1, -0.05) is 38.1 Å². The van der Waals surface area contributed by atoms with E-state index in [1.165, 1.54) is 12.1 Å². The lowest BCUT2D eigenvalue weighted by molar-refractivity contribution is 0.151. The van der Waals surface area contributed by atoms with Crippen molar-refractivity contribution in [2.24, 2.45) is 0 Å². The highest BCUT2D eigenvalue weighted by molar-refractivity contribution is 5.23. The van der Waals surface area contributed by atoms with E-state index >= 15 is 0 Å². The standard InChI is InChI=1S/C15H24F2N2/c1-4-19(5-2)11-12(3)18-10-13-6-8-14(9-7-13)15(16)17/h6-9,12,15,18H,4-5,10-11H2,1-3H3. The molecule has 0 radical (unpaired) electrons. The van der Waals surface area contributed by atoms with Gasteiger partial charge in [-0.15, -0.1) is 0 Å². The molecule has 1 unspecified atom stereocenters. The maximum Gasteiger partial charge on any atom is 0.263 e. The lowest BCUT2D eigenvalue weighted by Gasteiger charge is -2.23. The van der Waals surface area contributed by atoms with Crippen LogP contribution in [0.15, 0.2) is 24.3 Å². The number of likely N-dealkylation sites (N-methyl/N-ethyl adjacent to an activating group) is 1. The van der Waals surface area contributed by atoms with Gasteiger partial charge in [0.25, 0.3) is 6.43 Å². The molecule has 0 aliphatic rings. The van der Waals surface area contributed by atoms with E-state index in [2.05, 4.69) is 31.0 Å². The number of nitrogens with one attached hydrogen (secondary N) is 1. The fraction of sp³-hybridized carbons (Fsp3) is 0.600. The predicted octanol–water partition coefficient (Wildman–Crippen LogP) is 3.44. The Morgan fingerprint density at radius 1 is 1.11 bits per heavy atom. The number of hydrogen-bond donors (Lipinski definition) is 1. The van der Waals surface area contributed by atoms with Crippen molar-refractivity contribution in [2.75, 3.05) is 19.6 Å². The molecule has 2 nitrogen and oxygen atoms in total. The molecule has 1 aromatic rings. The predicted molar refractivity (Wildman–Crippen MR) is 75.5 cm³/mol. The smallest absolute Gasteiger partial charge is 0.263 e. The van der Waals surface area contributed by atoms with E-state index in [4.69, 9.17) is 0 Å². The molecule has 108 valence electrons. The molecule has 1 aromatic carbocycles. The minimum Gasteiger partial charge on any atom is -0.309 e. The summed E-state index contributed by atoms with van der Waals surface area (Å²) in [5.74, 6) is 0. The van der Waals surface area contributed by atoms with Crippen molar-refractivity contribution in [3.8, 4) is 0 Å². The SMILES string of the molecule is CCN(CC)CC(C)NCc1ccc(C(F)F)cc1. The quantitative estimate of drug-likeness (QED) is 0.778. The molecule has 0 amide bonds. The molecule has 0 aromatic heterocycles. The molecule has 0 saturated heterocycles. The summed E-state index contributed by atoms with van der Waals surface area (Å²) in [6.07, 6.45) is -2.39. The zero-order valence-electron chi connectivity index (χ0n) is 12.0. The van der Waals surface area contributed by atoms with Crippen LogP contribution in [0.4, 0.5) is 8.78 Å². The molecular formula is C15H24F2N2. The summed E-state index contributed by atoms with van der Waals surface area (Å²) < 4.78 is 24.8. The van der Waals surface area contributed by atoms with Crippen molar-refractivity contribution >= 4 is 0 Å². The third-order valence-corrected chi connectivity index (χ3v) is 3.31. The number of hydrogen-bond acceptors (Lipinski definition) is 2. The number of benzene rings is 1. The molecule has 0 aliphatic carbocycles. The highest BCUT2D eigenvalue weighted by Crippen LogP contribution is 2.18. The fourth-order valence-corrected chi connectivity index (χ4v) is 2.01. The minimum absolute atomic E-state index is 0.0833. The first kappa shape index (κ1) is 16.1. The Kier molecular flexibility index (Phi) is 6.95. The second-order valence-electron chi connectivity index (χ2n) is 4.81. The van der Waals surface area contributed by atoms with E-state index in [1.807, 2.05) is 0 Å². The second kappa shape index (κ2) is 8.23. The lowest BCUT2D eigenvalue weighted by Crippen LogP contribution is -2.38. The topological polar surface area (TPSA) is 15.3 Å². The monoisotopic (exact) mass is 270 g/mol. The van der Waals surface area contributed by atoms with Gasteiger partial charge in [-0.2, -0.15) is 0 Å². The highest BCUT2D eigenvalue weighted by atomic mass is 19.3. The van der Waals surface area contributed by atoms with Crippen molar-refractivity contribution in [3.05, 3.63) is 35.4 Å². The van der Waals surface area contributed by atoms with Crippen LogP contribution in [0.1, 0.15) is 38.3 Å². The van der Waals surface area contributed by atoms with Crippen LogP contribution in [0.5, 0.6) is 0 Å². The normalized spacial score (nSPS) is 13.2. The molecule has 1 rings (SSSR count). The number of nitrogens with zero attached hydrogens (tertiary/aromatic N) is 1. The highest BCUT2D eigenvalue weighted by Gasteiger charge is 2.08. The molecule has 1 atom stereocenters. The summed E-state index contributed by atoms with van der Waals surface area (Å²) in [5.41, 5.74) is 1.12. The van der Waals surface area contributed by atoms with Gasteiger partial charge in [-0.05, 0) is 25.6 Å². The molecule has 0 saturated carbocycles. The first-order valence-electron chi connectivity index (χ1n) is 6.89. The second-order valence-corrected chi connectivity index (χ2v) is 4.81. The van der Waals surface area contributed by atoms with Crippen LogP contribution in [0.2, 0.25) is 0 Å². The Labute approximate surface area is 114 Å². The van der Waals surface area contributed by atoms with Gasteiger partial charge >= 0.3 is 0 Å². The molecular weight excluding hydrogens is 246 g/mol. The van der Waals surface area contributed by atoms with Crippen LogP contribution in [-0.4, -0.2) is 30.6 Å². The van der Waals surface area contributed by atoms with Crippen molar-refractivity contribution in [2.45, 2.75) is 39.8 Å². The van der Waals surface area contributed by atoms with Gasteiger partial charge in [0, 0.05) is 24.7 Å². The van der Waals surface area contributed by atoms with Crippen LogP contribution < -0.4 is 5.32 Å². The van der Waals surface area contributed by atoms with Gasteiger partial charge in [0.15, 0.2) is 0 Å². The third-order valence-electron chi connectivity index (χ3n) is 3.31. The van der Waals surface area contributed by atoms with Crippen LogP contribution in [0, 0.1) is 0 Å².